The Hall–Kier alpha value is -2.96. The van der Waals surface area contributed by atoms with E-state index >= 15 is 0 Å². The van der Waals surface area contributed by atoms with E-state index in [0.29, 0.717) is 17.9 Å². The van der Waals surface area contributed by atoms with Crippen molar-refractivity contribution in [1.29, 1.82) is 0 Å². The van der Waals surface area contributed by atoms with Crippen LogP contribution in [0.5, 0.6) is 0 Å². The molecule has 0 unspecified atom stereocenters. The molecule has 0 spiro atoms. The van der Waals surface area contributed by atoms with E-state index in [1.807, 2.05) is 25.1 Å². The molecule has 0 bridgehead atoms. The third-order valence-electron chi connectivity index (χ3n) is 3.22. The van der Waals surface area contributed by atoms with Crippen molar-refractivity contribution in [3.8, 4) is 11.4 Å². The van der Waals surface area contributed by atoms with Gasteiger partial charge in [-0.15, -0.1) is 5.10 Å². The number of furan rings is 1. The molecule has 1 aromatic carbocycles. The molecular formula is C15H15N5O2. The minimum absolute atomic E-state index is 0.175. The summed E-state index contributed by atoms with van der Waals surface area (Å²) in [5.41, 5.74) is 1.33. The first-order chi connectivity index (χ1) is 10.6. The van der Waals surface area contributed by atoms with Gasteiger partial charge in [0.05, 0.1) is 6.54 Å². The highest BCUT2D eigenvalue weighted by molar-refractivity contribution is 5.95. The lowest BCUT2D eigenvalue weighted by atomic mass is 10.1. The molecule has 7 nitrogen and oxygen atoms in total. The van der Waals surface area contributed by atoms with Crippen LogP contribution in [0.3, 0.4) is 0 Å². The zero-order valence-electron chi connectivity index (χ0n) is 12.3. The zero-order valence-corrected chi connectivity index (χ0v) is 12.3. The summed E-state index contributed by atoms with van der Waals surface area (Å²) in [4.78, 5) is 12.2. The fourth-order valence-electron chi connectivity index (χ4n) is 2.12. The third kappa shape index (κ3) is 2.88. The number of aromatic nitrogens is 4. The molecule has 0 aliphatic heterocycles. The van der Waals surface area contributed by atoms with Gasteiger partial charge < -0.3 is 9.73 Å². The predicted octanol–water partition coefficient (Wildman–Crippen LogP) is 1.71. The van der Waals surface area contributed by atoms with Crippen molar-refractivity contribution in [2.75, 3.05) is 0 Å². The molecule has 0 aliphatic carbocycles. The van der Waals surface area contributed by atoms with Crippen LogP contribution in [-0.2, 0) is 13.6 Å². The van der Waals surface area contributed by atoms with E-state index in [1.54, 1.807) is 29.9 Å². The number of aryl methyl sites for hydroxylation is 2. The zero-order chi connectivity index (χ0) is 15.5. The molecule has 0 radical (unpaired) electrons. The fraction of sp³-hybridized carbons (Fsp3) is 0.200. The molecule has 2 aromatic heterocycles. The van der Waals surface area contributed by atoms with E-state index in [0.717, 1.165) is 17.1 Å². The number of benzene rings is 1. The number of amides is 1. The van der Waals surface area contributed by atoms with Gasteiger partial charge in [-0.25, -0.2) is 4.68 Å². The van der Waals surface area contributed by atoms with Crippen LogP contribution < -0.4 is 5.32 Å². The minimum atomic E-state index is -0.175. The topological polar surface area (TPSA) is 85.8 Å². The maximum Gasteiger partial charge on any atom is 0.251 e. The summed E-state index contributed by atoms with van der Waals surface area (Å²) in [6.07, 6.45) is 0. The van der Waals surface area contributed by atoms with Gasteiger partial charge in [-0.3, -0.25) is 4.79 Å². The summed E-state index contributed by atoms with van der Waals surface area (Å²) < 4.78 is 6.98. The van der Waals surface area contributed by atoms with Crippen LogP contribution >= 0.6 is 0 Å². The Morgan fingerprint density at radius 2 is 2.18 bits per heavy atom. The fourth-order valence-corrected chi connectivity index (χ4v) is 2.12. The van der Waals surface area contributed by atoms with Gasteiger partial charge in [0.1, 0.15) is 11.5 Å². The van der Waals surface area contributed by atoms with Crippen molar-refractivity contribution >= 4 is 5.91 Å². The Morgan fingerprint density at radius 1 is 1.32 bits per heavy atom. The van der Waals surface area contributed by atoms with E-state index in [4.69, 9.17) is 4.42 Å². The monoisotopic (exact) mass is 297 g/mol. The largest absolute Gasteiger partial charge is 0.465 e. The maximum absolute atomic E-state index is 12.2. The minimum Gasteiger partial charge on any atom is -0.465 e. The lowest BCUT2D eigenvalue weighted by molar-refractivity contribution is 0.0948. The molecular weight excluding hydrogens is 282 g/mol. The Morgan fingerprint density at radius 3 is 2.86 bits per heavy atom. The predicted molar refractivity (Wildman–Crippen MR) is 78.8 cm³/mol. The van der Waals surface area contributed by atoms with Crippen LogP contribution in [0.15, 0.2) is 40.8 Å². The van der Waals surface area contributed by atoms with Crippen LogP contribution in [0.25, 0.3) is 11.4 Å². The van der Waals surface area contributed by atoms with E-state index < -0.39 is 0 Å². The summed E-state index contributed by atoms with van der Waals surface area (Å²) in [5.74, 6) is 1.97. The second-order valence-electron chi connectivity index (χ2n) is 4.90. The average Bonchev–Trinajstić information content (AvgIpc) is 3.13. The highest BCUT2D eigenvalue weighted by Crippen LogP contribution is 2.16. The van der Waals surface area contributed by atoms with Gasteiger partial charge in [0.25, 0.3) is 5.91 Å². The second-order valence-corrected chi connectivity index (χ2v) is 4.90. The summed E-state index contributed by atoms with van der Waals surface area (Å²) in [6, 6.07) is 10.9. The molecule has 7 heteroatoms. The van der Waals surface area contributed by atoms with Gasteiger partial charge in [0.15, 0.2) is 5.82 Å². The van der Waals surface area contributed by atoms with Crippen molar-refractivity contribution in [3.05, 3.63) is 53.5 Å². The van der Waals surface area contributed by atoms with Crippen LogP contribution in [0, 0.1) is 6.92 Å². The number of tetrazole rings is 1. The Bertz CT molecular complexity index is 806. The third-order valence-corrected chi connectivity index (χ3v) is 3.22. The highest BCUT2D eigenvalue weighted by Gasteiger charge is 2.11. The first kappa shape index (κ1) is 14.0. The number of nitrogens with one attached hydrogen (secondary N) is 1. The van der Waals surface area contributed by atoms with Gasteiger partial charge in [0.2, 0.25) is 0 Å². The average molecular weight is 297 g/mol. The molecule has 0 fully saturated rings. The molecule has 0 atom stereocenters. The van der Waals surface area contributed by atoms with Crippen molar-refractivity contribution in [2.45, 2.75) is 13.5 Å². The van der Waals surface area contributed by atoms with E-state index in [1.165, 1.54) is 0 Å². The second kappa shape index (κ2) is 5.80. The summed E-state index contributed by atoms with van der Waals surface area (Å²) in [7, 11) is 1.75. The van der Waals surface area contributed by atoms with Crippen LogP contribution in [0.2, 0.25) is 0 Å². The quantitative estimate of drug-likeness (QED) is 0.792. The molecule has 1 N–H and O–H groups in total. The smallest absolute Gasteiger partial charge is 0.251 e. The van der Waals surface area contributed by atoms with Crippen molar-refractivity contribution < 1.29 is 9.21 Å². The number of nitrogens with zero attached hydrogens (tertiary/aromatic N) is 4. The molecule has 22 heavy (non-hydrogen) atoms. The number of rotatable bonds is 4. The first-order valence-electron chi connectivity index (χ1n) is 6.80. The molecule has 0 saturated carbocycles. The van der Waals surface area contributed by atoms with Crippen molar-refractivity contribution in [2.24, 2.45) is 7.05 Å². The lowest BCUT2D eigenvalue weighted by Gasteiger charge is -2.05. The van der Waals surface area contributed by atoms with Crippen LogP contribution in [0.1, 0.15) is 21.9 Å². The summed E-state index contributed by atoms with van der Waals surface area (Å²) >= 11 is 0. The van der Waals surface area contributed by atoms with Gasteiger partial charge in [-0.05, 0) is 41.6 Å². The van der Waals surface area contributed by atoms with Crippen molar-refractivity contribution in [1.82, 2.24) is 25.5 Å². The van der Waals surface area contributed by atoms with Crippen LogP contribution in [0.4, 0.5) is 0 Å². The summed E-state index contributed by atoms with van der Waals surface area (Å²) in [6.45, 7) is 2.21. The van der Waals surface area contributed by atoms with Gasteiger partial charge in [0, 0.05) is 18.2 Å². The molecule has 2 heterocycles. The number of hydrogen-bond donors (Lipinski definition) is 1. The van der Waals surface area contributed by atoms with E-state index in [9.17, 15) is 4.79 Å². The molecule has 112 valence electrons. The van der Waals surface area contributed by atoms with Gasteiger partial charge >= 0.3 is 0 Å². The molecule has 0 aliphatic rings. The van der Waals surface area contributed by atoms with E-state index in [-0.39, 0.29) is 5.91 Å². The van der Waals surface area contributed by atoms with E-state index in [2.05, 4.69) is 20.8 Å². The molecule has 0 saturated heterocycles. The van der Waals surface area contributed by atoms with Crippen molar-refractivity contribution in [3.63, 3.8) is 0 Å². The first-order valence-corrected chi connectivity index (χ1v) is 6.80. The molecule has 3 aromatic rings. The molecule has 1 amide bonds. The lowest BCUT2D eigenvalue weighted by Crippen LogP contribution is -2.22. The molecule has 3 rings (SSSR count). The van der Waals surface area contributed by atoms with Gasteiger partial charge in [-0.2, -0.15) is 0 Å². The Labute approximate surface area is 126 Å². The number of carbonyl (C=O) groups is 1. The SMILES string of the molecule is Cc1ccc(CNC(=O)c2cccc(-c3nnnn3C)c2)o1. The number of carbonyl (C=O) groups excluding carboxylic acids is 1. The Kier molecular flexibility index (Phi) is 3.69. The standard InChI is InChI=1S/C15H15N5O2/c1-10-6-7-13(22-10)9-16-15(21)12-5-3-4-11(8-12)14-17-18-19-20(14)2/h3-8H,9H2,1-2H3,(H,16,21). The Balaban J connectivity index is 1.74. The normalized spacial score (nSPS) is 10.6. The maximum atomic E-state index is 12.2. The van der Waals surface area contributed by atoms with Gasteiger partial charge in [-0.1, -0.05) is 12.1 Å². The highest BCUT2D eigenvalue weighted by atomic mass is 16.3. The van der Waals surface area contributed by atoms with Crippen LogP contribution in [-0.4, -0.2) is 26.1 Å². The number of hydrogen-bond acceptors (Lipinski definition) is 5. The summed E-state index contributed by atoms with van der Waals surface area (Å²) in [5, 5.41) is 14.2.